The van der Waals surface area contributed by atoms with Crippen molar-refractivity contribution in [3.63, 3.8) is 0 Å². The van der Waals surface area contributed by atoms with Gasteiger partial charge < -0.3 is 27.4 Å². The first-order valence-electron chi connectivity index (χ1n) is 30.2. The summed E-state index contributed by atoms with van der Waals surface area (Å²) in [4.78, 5) is 0. The summed E-state index contributed by atoms with van der Waals surface area (Å²) in [6.07, 6.45) is 0. The highest BCUT2D eigenvalue weighted by Gasteiger charge is 2.48. The van der Waals surface area contributed by atoms with Crippen molar-refractivity contribution in [2.24, 2.45) is 0 Å². The lowest BCUT2D eigenvalue weighted by Crippen LogP contribution is -2.62. The van der Waals surface area contributed by atoms with Gasteiger partial charge in [0.1, 0.15) is 0 Å². The molecule has 0 spiro atoms. The number of hydrogen-bond donors (Lipinski definition) is 0. The fraction of sp³-hybridized carbons (Fsp3) is 0. The van der Waals surface area contributed by atoms with E-state index in [0.29, 0.717) is 0 Å². The zero-order chi connectivity index (χ0) is 55.1. The monoisotopic (exact) mass is 1080 g/mol. The lowest BCUT2D eigenvalue weighted by atomic mass is 9.31. The van der Waals surface area contributed by atoms with E-state index >= 15 is 0 Å². The van der Waals surface area contributed by atoms with Crippen LogP contribution in [0.5, 0.6) is 0 Å². The van der Waals surface area contributed by atoms with E-state index in [1.54, 1.807) is 0 Å². The maximum atomic E-state index is 2.73. The first kappa shape index (κ1) is 43.5. The average molecular weight is 1080 g/mol. The number of aromatic nitrogens is 6. The molecule has 390 valence electrons. The predicted molar refractivity (Wildman–Crippen MR) is 362 cm³/mol. The van der Waals surface area contributed by atoms with Crippen molar-refractivity contribution >= 4 is 177 Å². The first-order valence-corrected chi connectivity index (χ1v) is 30.2. The summed E-state index contributed by atoms with van der Waals surface area (Å²) in [6, 6.07) is 97.4. The van der Waals surface area contributed by atoms with Crippen molar-refractivity contribution in [1.82, 2.24) is 27.4 Å². The Morgan fingerprint density at radius 1 is 0.198 bits per heavy atom. The fourth-order valence-electron chi connectivity index (χ4n) is 18.0. The van der Waals surface area contributed by atoms with Gasteiger partial charge in [-0.05, 0) is 106 Å². The summed E-state index contributed by atoms with van der Waals surface area (Å²) in [5, 5.41) is 15.4. The maximum absolute atomic E-state index is 2.73. The van der Waals surface area contributed by atoms with Gasteiger partial charge in [0.2, 0.25) is 0 Å². The summed E-state index contributed by atoms with van der Waals surface area (Å²) < 4.78 is 15.8. The van der Waals surface area contributed by atoms with E-state index in [2.05, 4.69) is 282 Å². The van der Waals surface area contributed by atoms with Crippen LogP contribution >= 0.6 is 0 Å². The highest BCUT2D eigenvalue weighted by Crippen LogP contribution is 2.47. The number of hydrogen-bond acceptors (Lipinski definition) is 0. The van der Waals surface area contributed by atoms with Gasteiger partial charge in [0.15, 0.2) is 0 Å². The quantitative estimate of drug-likeness (QED) is 0.154. The van der Waals surface area contributed by atoms with Crippen molar-refractivity contribution in [2.75, 3.05) is 0 Å². The Kier molecular flexibility index (Phi) is 7.46. The fourth-order valence-corrected chi connectivity index (χ4v) is 18.0. The molecule has 0 N–H and O–H groups in total. The van der Waals surface area contributed by atoms with E-state index < -0.39 is 0 Å². The standard InChI is InChI=1S/C78H42B2N6/c1-9-31-57-45(19-1)46-20-2-10-32-58(46)81(57)43-39-65-71-67(41-43)85-63-37-15-7-25-53(63)69-74-78-70(73(77(69)85)79(71)55-29-17-27-51-49-23-5-13-35-61(49)83(65)75(51)55)54-26-8-16-38-64(54)86(78)68-42-44(82-59-33-11-3-21-47(59)48-22-4-12-34-60(48)82)40-66-72(68)80(74)56-30-18-28-52-50-24-6-14-36-62(50)84(66)76(52)56/h1-42H. The number of fused-ring (bicyclic) bond motifs is 28. The number of para-hydroxylation sites is 10. The third kappa shape index (κ3) is 4.76. The van der Waals surface area contributed by atoms with Gasteiger partial charge in [-0.3, -0.25) is 0 Å². The second-order valence-corrected chi connectivity index (χ2v) is 24.6. The summed E-state index contributed by atoms with van der Waals surface area (Å²) in [5.41, 5.74) is 30.3. The molecule has 8 heteroatoms. The molecule has 10 heterocycles. The molecule has 6 aromatic heterocycles. The Labute approximate surface area is 490 Å². The molecule has 0 aliphatic carbocycles. The predicted octanol–water partition coefficient (Wildman–Crippen LogP) is 14.6. The zero-order valence-corrected chi connectivity index (χ0v) is 46.1. The molecule has 0 saturated heterocycles. The van der Waals surface area contributed by atoms with E-state index in [4.69, 9.17) is 0 Å². The van der Waals surface area contributed by atoms with Gasteiger partial charge >= 0.3 is 0 Å². The Bertz CT molecular complexity index is 5990. The molecule has 0 fully saturated rings. The summed E-state index contributed by atoms with van der Waals surface area (Å²) in [7, 11) is 0. The van der Waals surface area contributed by atoms with E-state index in [0.717, 1.165) is 11.4 Å². The largest absolute Gasteiger partial charge is 0.310 e. The molecule has 13 aromatic carbocycles. The average Bonchev–Trinajstić information content (AvgIpc) is 1.42. The van der Waals surface area contributed by atoms with Crippen molar-refractivity contribution in [3.8, 4) is 34.1 Å². The minimum atomic E-state index is -0.112. The van der Waals surface area contributed by atoms with Gasteiger partial charge in [0.05, 0.1) is 55.5 Å². The van der Waals surface area contributed by atoms with E-state index in [1.165, 1.54) is 186 Å². The van der Waals surface area contributed by atoms with Crippen LogP contribution in [0, 0.1) is 0 Å². The number of benzene rings is 13. The van der Waals surface area contributed by atoms with Gasteiger partial charge in [0, 0.05) is 109 Å². The first-order chi connectivity index (χ1) is 42.8. The maximum Gasteiger partial charge on any atom is 0.253 e. The smallest absolute Gasteiger partial charge is 0.253 e. The molecule has 0 saturated carbocycles. The van der Waals surface area contributed by atoms with Crippen molar-refractivity contribution in [3.05, 3.63) is 255 Å². The molecule has 19 aromatic rings. The highest BCUT2D eigenvalue weighted by atomic mass is 15.1. The van der Waals surface area contributed by atoms with Gasteiger partial charge in [-0.15, -0.1) is 0 Å². The van der Waals surface area contributed by atoms with Crippen LogP contribution in [-0.2, 0) is 0 Å². The molecule has 6 nitrogen and oxygen atoms in total. The lowest BCUT2D eigenvalue weighted by molar-refractivity contribution is 1.10. The second kappa shape index (κ2) is 14.8. The lowest BCUT2D eigenvalue weighted by Gasteiger charge is -2.37. The Morgan fingerprint density at radius 3 is 0.767 bits per heavy atom. The van der Waals surface area contributed by atoms with Crippen LogP contribution in [0.25, 0.3) is 165 Å². The van der Waals surface area contributed by atoms with Crippen molar-refractivity contribution in [1.29, 1.82) is 0 Å². The molecule has 0 atom stereocenters. The molecule has 86 heavy (non-hydrogen) atoms. The number of nitrogens with zero attached hydrogens (tertiary/aromatic N) is 6. The molecule has 23 rings (SSSR count). The van der Waals surface area contributed by atoms with Crippen LogP contribution in [0.1, 0.15) is 0 Å². The van der Waals surface area contributed by atoms with E-state index in [9.17, 15) is 0 Å². The van der Waals surface area contributed by atoms with Crippen LogP contribution in [-0.4, -0.2) is 40.8 Å². The van der Waals surface area contributed by atoms with Crippen molar-refractivity contribution in [2.45, 2.75) is 0 Å². The molecule has 4 aliphatic rings. The Hall–Kier alpha value is -11.2. The topological polar surface area (TPSA) is 29.6 Å². The van der Waals surface area contributed by atoms with Crippen LogP contribution in [0.2, 0.25) is 0 Å². The summed E-state index contributed by atoms with van der Waals surface area (Å²) >= 11 is 0. The van der Waals surface area contributed by atoms with Gasteiger partial charge in [-0.1, -0.05) is 182 Å². The van der Waals surface area contributed by atoms with Gasteiger partial charge in [-0.25, -0.2) is 0 Å². The molecule has 0 radical (unpaired) electrons. The van der Waals surface area contributed by atoms with Crippen LogP contribution in [0.15, 0.2) is 255 Å². The molecule has 0 amide bonds. The minimum absolute atomic E-state index is 0.112. The normalized spacial score (nSPS) is 13.5. The number of rotatable bonds is 2. The second-order valence-electron chi connectivity index (χ2n) is 24.6. The molecular formula is C78H42B2N6. The Morgan fingerprint density at radius 2 is 0.442 bits per heavy atom. The molecule has 0 bridgehead atoms. The van der Waals surface area contributed by atoms with Crippen LogP contribution in [0.4, 0.5) is 0 Å². The zero-order valence-electron chi connectivity index (χ0n) is 46.1. The Balaban J connectivity index is 0.957. The third-order valence-electron chi connectivity index (χ3n) is 20.9. The SMILES string of the molecule is c1ccc2c(c1)c1ccccc1n2-c1cc2c3c(c1)-n1c4ccccc4c4c5c6c(c(c41)B3c1cccc3c4ccccc4n-2c13)c1ccccc1n6-c1cc(-n2c3ccccc3c3ccccc32)cc2c1B5c1cccc3c4ccccc4n-2c13. The third-order valence-corrected chi connectivity index (χ3v) is 20.9. The van der Waals surface area contributed by atoms with Crippen LogP contribution in [0.3, 0.4) is 0 Å². The minimum Gasteiger partial charge on any atom is -0.310 e. The van der Waals surface area contributed by atoms with Crippen molar-refractivity contribution < 1.29 is 0 Å². The molecular weight excluding hydrogens is 1040 g/mol. The summed E-state index contributed by atoms with van der Waals surface area (Å²) in [5.74, 6) is 0. The highest BCUT2D eigenvalue weighted by molar-refractivity contribution is 7.05. The van der Waals surface area contributed by atoms with Gasteiger partial charge in [0.25, 0.3) is 13.4 Å². The summed E-state index contributed by atoms with van der Waals surface area (Å²) in [6.45, 7) is -0.225. The van der Waals surface area contributed by atoms with E-state index in [-0.39, 0.29) is 13.4 Å². The molecule has 4 aliphatic heterocycles. The molecule has 0 unspecified atom stereocenters. The van der Waals surface area contributed by atoms with E-state index in [1.807, 2.05) is 0 Å². The van der Waals surface area contributed by atoms with Gasteiger partial charge in [-0.2, -0.15) is 0 Å². The van der Waals surface area contributed by atoms with Crippen LogP contribution < -0.4 is 32.8 Å².